The molecule has 0 radical (unpaired) electrons. The average Bonchev–Trinajstić information content (AvgIpc) is 2.87. The maximum absolute atomic E-state index is 8.93. The van der Waals surface area contributed by atoms with E-state index in [-0.39, 0.29) is 6.61 Å². The summed E-state index contributed by atoms with van der Waals surface area (Å²) >= 11 is 0. The summed E-state index contributed by atoms with van der Waals surface area (Å²) in [7, 11) is 0. The fourth-order valence-electron chi connectivity index (χ4n) is 2.38. The van der Waals surface area contributed by atoms with Crippen LogP contribution in [0, 0.1) is 0 Å². The first kappa shape index (κ1) is 10.6. The summed E-state index contributed by atoms with van der Waals surface area (Å²) in [5.74, 6) is 0. The van der Waals surface area contributed by atoms with Crippen LogP contribution in [0.15, 0.2) is 6.07 Å². The van der Waals surface area contributed by atoms with Gasteiger partial charge in [0.2, 0.25) is 0 Å². The molecule has 2 heterocycles. The molecule has 1 saturated heterocycles. The predicted octanol–water partition coefficient (Wildman–Crippen LogP) is 0.929. The fourth-order valence-corrected chi connectivity index (χ4v) is 2.38. The third kappa shape index (κ3) is 2.38. The molecule has 15 heavy (non-hydrogen) atoms. The predicted molar refractivity (Wildman–Crippen MR) is 58.5 cm³/mol. The van der Waals surface area contributed by atoms with Gasteiger partial charge in [0, 0.05) is 12.5 Å². The van der Waals surface area contributed by atoms with Crippen LogP contribution in [-0.2, 0) is 13.0 Å². The molecule has 0 amide bonds. The van der Waals surface area contributed by atoms with Crippen molar-refractivity contribution in [2.45, 2.75) is 38.8 Å². The summed E-state index contributed by atoms with van der Waals surface area (Å²) in [5.41, 5.74) is 1.88. The molecule has 0 bridgehead atoms. The second-order valence-corrected chi connectivity index (χ2v) is 4.17. The van der Waals surface area contributed by atoms with Gasteiger partial charge < -0.3 is 10.0 Å². The molecule has 0 spiro atoms. The van der Waals surface area contributed by atoms with Gasteiger partial charge in [0.15, 0.2) is 0 Å². The topological polar surface area (TPSA) is 52.1 Å². The van der Waals surface area contributed by atoms with Crippen LogP contribution >= 0.6 is 0 Å². The quantitative estimate of drug-likeness (QED) is 0.775. The van der Waals surface area contributed by atoms with Gasteiger partial charge in [-0.3, -0.25) is 5.10 Å². The lowest BCUT2D eigenvalue weighted by Gasteiger charge is -2.21. The van der Waals surface area contributed by atoms with Gasteiger partial charge in [0.1, 0.15) is 0 Å². The van der Waals surface area contributed by atoms with Crippen LogP contribution in [-0.4, -0.2) is 39.3 Å². The second-order valence-electron chi connectivity index (χ2n) is 4.17. The van der Waals surface area contributed by atoms with Gasteiger partial charge in [-0.05, 0) is 32.0 Å². The summed E-state index contributed by atoms with van der Waals surface area (Å²) in [4.78, 5) is 2.51. The minimum absolute atomic E-state index is 0.0508. The maximum Gasteiger partial charge on any atom is 0.0847 e. The molecular weight excluding hydrogens is 190 g/mol. The van der Waals surface area contributed by atoms with Crippen molar-refractivity contribution in [2.75, 3.05) is 13.1 Å². The summed E-state index contributed by atoms with van der Waals surface area (Å²) in [6, 6.07) is 2.61. The van der Waals surface area contributed by atoms with E-state index in [0.29, 0.717) is 6.04 Å². The molecule has 1 aromatic rings. The van der Waals surface area contributed by atoms with E-state index in [2.05, 4.69) is 22.0 Å². The molecule has 1 unspecified atom stereocenters. The number of likely N-dealkylation sites (tertiary alicyclic amines) is 1. The Morgan fingerprint density at radius 1 is 1.67 bits per heavy atom. The summed E-state index contributed by atoms with van der Waals surface area (Å²) in [5, 5.41) is 16.0. The maximum atomic E-state index is 8.93. The number of nitrogens with one attached hydrogen (secondary N) is 1. The van der Waals surface area contributed by atoms with E-state index in [9.17, 15) is 0 Å². The first-order chi connectivity index (χ1) is 7.33. The molecule has 1 atom stereocenters. The molecule has 1 fully saturated rings. The summed E-state index contributed by atoms with van der Waals surface area (Å²) < 4.78 is 0. The molecule has 2 N–H and O–H groups in total. The van der Waals surface area contributed by atoms with Crippen LogP contribution in [0.25, 0.3) is 0 Å². The van der Waals surface area contributed by atoms with Crippen LogP contribution in [0.2, 0.25) is 0 Å². The van der Waals surface area contributed by atoms with E-state index in [1.807, 2.05) is 6.07 Å². The molecule has 0 aromatic carbocycles. The van der Waals surface area contributed by atoms with Gasteiger partial charge >= 0.3 is 0 Å². The van der Waals surface area contributed by atoms with Crippen LogP contribution < -0.4 is 0 Å². The zero-order chi connectivity index (χ0) is 10.7. The molecule has 84 valence electrons. The second kappa shape index (κ2) is 4.77. The van der Waals surface area contributed by atoms with Gasteiger partial charge in [-0.25, -0.2) is 0 Å². The lowest BCUT2D eigenvalue weighted by atomic mass is 10.1. The lowest BCUT2D eigenvalue weighted by molar-refractivity contribution is 0.264. The van der Waals surface area contributed by atoms with Gasteiger partial charge in [0.25, 0.3) is 0 Å². The Hall–Kier alpha value is -0.870. The molecular formula is C11H19N3O. The SMILES string of the molecule is CCN1CCCC1Cc1cc(CO)[nH]n1. The molecule has 1 aromatic heterocycles. The van der Waals surface area contributed by atoms with Crippen molar-refractivity contribution in [3.63, 3.8) is 0 Å². The smallest absolute Gasteiger partial charge is 0.0847 e. The molecule has 4 heteroatoms. The number of nitrogens with zero attached hydrogens (tertiary/aromatic N) is 2. The number of likely N-dealkylation sites (N-methyl/N-ethyl adjacent to an activating group) is 1. The molecule has 0 aliphatic carbocycles. The zero-order valence-corrected chi connectivity index (χ0v) is 9.24. The van der Waals surface area contributed by atoms with Crippen molar-refractivity contribution in [1.29, 1.82) is 0 Å². The van der Waals surface area contributed by atoms with Crippen molar-refractivity contribution >= 4 is 0 Å². The van der Waals surface area contributed by atoms with Crippen LogP contribution in [0.1, 0.15) is 31.2 Å². The van der Waals surface area contributed by atoms with E-state index in [1.165, 1.54) is 19.4 Å². The summed E-state index contributed by atoms with van der Waals surface area (Å²) in [6.07, 6.45) is 3.58. The highest BCUT2D eigenvalue weighted by Crippen LogP contribution is 2.20. The molecule has 1 aliphatic rings. The van der Waals surface area contributed by atoms with Crippen molar-refractivity contribution < 1.29 is 5.11 Å². The van der Waals surface area contributed by atoms with Crippen LogP contribution in [0.3, 0.4) is 0 Å². The Bertz CT molecular complexity index is 311. The van der Waals surface area contributed by atoms with Crippen molar-refractivity contribution in [2.24, 2.45) is 0 Å². The number of aliphatic hydroxyl groups excluding tert-OH is 1. The van der Waals surface area contributed by atoms with Crippen molar-refractivity contribution in [3.05, 3.63) is 17.5 Å². The van der Waals surface area contributed by atoms with Gasteiger partial charge in [-0.2, -0.15) is 5.10 Å². The van der Waals surface area contributed by atoms with Gasteiger partial charge in [0.05, 0.1) is 18.0 Å². The van der Waals surface area contributed by atoms with E-state index in [1.54, 1.807) is 0 Å². The minimum Gasteiger partial charge on any atom is -0.390 e. The van der Waals surface area contributed by atoms with E-state index in [4.69, 9.17) is 5.11 Å². The first-order valence-corrected chi connectivity index (χ1v) is 5.71. The van der Waals surface area contributed by atoms with E-state index >= 15 is 0 Å². The normalized spacial score (nSPS) is 22.4. The number of aliphatic hydroxyl groups is 1. The van der Waals surface area contributed by atoms with Crippen LogP contribution in [0.5, 0.6) is 0 Å². The standard InChI is InChI=1S/C11H19N3O/c1-2-14-5-3-4-11(14)7-9-6-10(8-15)13-12-9/h6,11,15H,2-5,7-8H2,1H3,(H,12,13). The Balaban J connectivity index is 1.95. The van der Waals surface area contributed by atoms with E-state index in [0.717, 1.165) is 24.4 Å². The van der Waals surface area contributed by atoms with Crippen molar-refractivity contribution in [3.8, 4) is 0 Å². The van der Waals surface area contributed by atoms with Gasteiger partial charge in [-0.1, -0.05) is 6.92 Å². The number of aromatic amines is 1. The molecule has 2 rings (SSSR count). The number of hydrogen-bond donors (Lipinski definition) is 2. The number of H-pyrrole nitrogens is 1. The highest BCUT2D eigenvalue weighted by atomic mass is 16.3. The van der Waals surface area contributed by atoms with Gasteiger partial charge in [-0.15, -0.1) is 0 Å². The van der Waals surface area contributed by atoms with Crippen LogP contribution in [0.4, 0.5) is 0 Å². The number of hydrogen-bond acceptors (Lipinski definition) is 3. The van der Waals surface area contributed by atoms with Crippen molar-refractivity contribution in [1.82, 2.24) is 15.1 Å². The highest BCUT2D eigenvalue weighted by Gasteiger charge is 2.23. The monoisotopic (exact) mass is 209 g/mol. The molecule has 4 nitrogen and oxygen atoms in total. The average molecular weight is 209 g/mol. The number of aromatic nitrogens is 2. The Morgan fingerprint density at radius 2 is 2.53 bits per heavy atom. The summed E-state index contributed by atoms with van der Waals surface area (Å²) in [6.45, 7) is 4.61. The molecule has 0 saturated carbocycles. The minimum atomic E-state index is 0.0508. The Kier molecular flexibility index (Phi) is 3.38. The highest BCUT2D eigenvalue weighted by molar-refractivity contribution is 5.09. The third-order valence-electron chi connectivity index (χ3n) is 3.20. The lowest BCUT2D eigenvalue weighted by Crippen LogP contribution is -2.30. The molecule has 1 aliphatic heterocycles. The largest absolute Gasteiger partial charge is 0.390 e. The third-order valence-corrected chi connectivity index (χ3v) is 3.20. The number of rotatable bonds is 4. The Morgan fingerprint density at radius 3 is 3.20 bits per heavy atom. The zero-order valence-electron chi connectivity index (χ0n) is 9.24. The first-order valence-electron chi connectivity index (χ1n) is 5.71. The van der Waals surface area contributed by atoms with E-state index < -0.39 is 0 Å². The Labute approximate surface area is 90.3 Å². The fraction of sp³-hybridized carbons (Fsp3) is 0.727.